The normalized spacial score (nSPS) is 16.8. The fourth-order valence-electron chi connectivity index (χ4n) is 4.06. The molecular weight excluding hydrogens is 384 g/mol. The minimum Gasteiger partial charge on any atom is -0.497 e. The van der Waals surface area contributed by atoms with Crippen LogP contribution in [-0.2, 0) is 11.3 Å². The summed E-state index contributed by atoms with van der Waals surface area (Å²) in [5.74, 6) is 2.05. The van der Waals surface area contributed by atoms with E-state index in [9.17, 15) is 4.79 Å². The zero-order chi connectivity index (χ0) is 21.1. The number of rotatable bonds is 7. The highest BCUT2D eigenvalue weighted by molar-refractivity contribution is 5.80. The molecule has 0 spiro atoms. The molecule has 3 heterocycles. The lowest BCUT2D eigenvalue weighted by atomic mass is 9.95. The number of tetrazole rings is 1. The molecule has 1 fully saturated rings. The van der Waals surface area contributed by atoms with Crippen molar-refractivity contribution in [3.8, 4) is 5.75 Å². The van der Waals surface area contributed by atoms with Crippen LogP contribution in [-0.4, -0.2) is 64.0 Å². The van der Waals surface area contributed by atoms with Crippen molar-refractivity contribution in [3.63, 3.8) is 0 Å². The Hall–Kier alpha value is -2.78. The van der Waals surface area contributed by atoms with Gasteiger partial charge in [-0.1, -0.05) is 6.92 Å². The maximum absolute atomic E-state index is 13.2. The monoisotopic (exact) mass is 412 g/mol. The van der Waals surface area contributed by atoms with Crippen LogP contribution in [0.25, 0.3) is 10.9 Å². The quantitative estimate of drug-likeness (QED) is 0.634. The fourth-order valence-corrected chi connectivity index (χ4v) is 4.06. The molecule has 9 nitrogen and oxygen atoms in total. The van der Waals surface area contributed by atoms with Crippen molar-refractivity contribution < 1.29 is 9.47 Å². The standard InChI is InChI=1S/C21H28N6O3/c1-14-6-8-26(9-7-14)19(20-23-24-25-27(20)10-11-29-2)17-12-15-4-5-16(30-3)13-18(15)22-21(17)28/h4-5,12-14,19H,6-11H2,1-3H3,(H,22,28). The number of ether oxygens (including phenoxy) is 2. The average molecular weight is 412 g/mol. The highest BCUT2D eigenvalue weighted by atomic mass is 16.5. The van der Waals surface area contributed by atoms with Gasteiger partial charge in [-0.05, 0) is 65.9 Å². The molecule has 1 aliphatic rings. The van der Waals surface area contributed by atoms with Crippen LogP contribution in [0.3, 0.4) is 0 Å². The molecule has 9 heteroatoms. The Bertz CT molecular complexity index is 1050. The van der Waals surface area contributed by atoms with Crippen LogP contribution in [0.15, 0.2) is 29.1 Å². The van der Waals surface area contributed by atoms with Gasteiger partial charge >= 0.3 is 0 Å². The van der Waals surface area contributed by atoms with Crippen molar-refractivity contribution in [2.45, 2.75) is 32.4 Å². The van der Waals surface area contributed by atoms with Crippen molar-refractivity contribution in [2.24, 2.45) is 5.92 Å². The summed E-state index contributed by atoms with van der Waals surface area (Å²) in [4.78, 5) is 18.5. The molecule has 1 atom stereocenters. The van der Waals surface area contributed by atoms with Crippen LogP contribution in [0.5, 0.6) is 5.75 Å². The molecule has 0 amide bonds. The molecule has 1 N–H and O–H groups in total. The van der Waals surface area contributed by atoms with Gasteiger partial charge in [0.2, 0.25) is 0 Å². The molecular formula is C21H28N6O3. The van der Waals surface area contributed by atoms with E-state index in [-0.39, 0.29) is 11.6 Å². The van der Waals surface area contributed by atoms with Crippen LogP contribution >= 0.6 is 0 Å². The summed E-state index contributed by atoms with van der Waals surface area (Å²) in [6, 6.07) is 7.31. The Kier molecular flexibility index (Phi) is 6.10. The highest BCUT2D eigenvalue weighted by Gasteiger charge is 2.32. The zero-order valence-electron chi connectivity index (χ0n) is 17.7. The third-order valence-electron chi connectivity index (χ3n) is 5.87. The van der Waals surface area contributed by atoms with Crippen LogP contribution in [0, 0.1) is 5.92 Å². The number of benzene rings is 1. The molecule has 0 bridgehead atoms. The lowest BCUT2D eigenvalue weighted by Gasteiger charge is -2.35. The van der Waals surface area contributed by atoms with Crippen LogP contribution in [0.1, 0.15) is 37.2 Å². The lowest BCUT2D eigenvalue weighted by Crippen LogP contribution is -2.40. The lowest BCUT2D eigenvalue weighted by molar-refractivity contribution is 0.144. The molecule has 4 rings (SSSR count). The number of piperidine rings is 1. The SMILES string of the molecule is COCCn1nnnc1C(c1cc2ccc(OC)cc2[nH]c1=O)N1CCC(C)CC1. The van der Waals surface area contributed by atoms with Gasteiger partial charge in [-0.3, -0.25) is 9.69 Å². The van der Waals surface area contributed by atoms with E-state index in [1.807, 2.05) is 24.3 Å². The summed E-state index contributed by atoms with van der Waals surface area (Å²) in [6.07, 6.45) is 2.16. The van der Waals surface area contributed by atoms with Gasteiger partial charge in [0.1, 0.15) is 11.8 Å². The molecule has 0 saturated carbocycles. The van der Waals surface area contributed by atoms with Crippen LogP contribution in [0.2, 0.25) is 0 Å². The first kappa shape index (κ1) is 20.5. The van der Waals surface area contributed by atoms with Gasteiger partial charge in [0.15, 0.2) is 5.82 Å². The largest absolute Gasteiger partial charge is 0.497 e. The highest BCUT2D eigenvalue weighted by Crippen LogP contribution is 2.31. The third-order valence-corrected chi connectivity index (χ3v) is 5.87. The molecule has 0 aliphatic carbocycles. The van der Waals surface area contributed by atoms with E-state index in [1.54, 1.807) is 18.9 Å². The van der Waals surface area contributed by atoms with Crippen molar-refractivity contribution in [3.05, 3.63) is 46.0 Å². The predicted molar refractivity (Wildman–Crippen MR) is 113 cm³/mol. The number of H-pyrrole nitrogens is 1. The summed E-state index contributed by atoms with van der Waals surface area (Å²) in [7, 11) is 3.26. The van der Waals surface area contributed by atoms with E-state index in [0.717, 1.165) is 36.8 Å². The Morgan fingerprint density at radius 1 is 1.23 bits per heavy atom. The number of hydrogen-bond donors (Lipinski definition) is 1. The van der Waals surface area contributed by atoms with E-state index in [0.29, 0.717) is 36.2 Å². The maximum Gasteiger partial charge on any atom is 0.253 e. The number of aromatic amines is 1. The number of likely N-dealkylation sites (tertiary alicyclic amines) is 1. The number of methoxy groups -OCH3 is 2. The summed E-state index contributed by atoms with van der Waals surface area (Å²) >= 11 is 0. The number of hydrogen-bond acceptors (Lipinski definition) is 7. The number of aromatic nitrogens is 5. The van der Waals surface area contributed by atoms with Crippen LogP contribution in [0.4, 0.5) is 0 Å². The smallest absolute Gasteiger partial charge is 0.253 e. The minimum atomic E-state index is -0.320. The van der Waals surface area contributed by atoms with Gasteiger partial charge in [0, 0.05) is 18.7 Å². The topological polar surface area (TPSA) is 98.2 Å². The fraction of sp³-hybridized carbons (Fsp3) is 0.524. The zero-order valence-corrected chi connectivity index (χ0v) is 17.7. The Morgan fingerprint density at radius 3 is 2.77 bits per heavy atom. The van der Waals surface area contributed by atoms with Crippen molar-refractivity contribution >= 4 is 10.9 Å². The summed E-state index contributed by atoms with van der Waals surface area (Å²) in [6.45, 7) is 5.08. The second-order valence-electron chi connectivity index (χ2n) is 7.88. The summed E-state index contributed by atoms with van der Waals surface area (Å²) in [5.41, 5.74) is 1.25. The second kappa shape index (κ2) is 8.93. The second-order valence-corrected chi connectivity index (χ2v) is 7.88. The molecule has 160 valence electrons. The molecule has 0 radical (unpaired) electrons. The Labute approximate surface area is 175 Å². The van der Waals surface area contributed by atoms with E-state index >= 15 is 0 Å². The molecule has 2 aromatic heterocycles. The van der Waals surface area contributed by atoms with Gasteiger partial charge in [-0.15, -0.1) is 5.10 Å². The van der Waals surface area contributed by atoms with E-state index in [1.165, 1.54) is 0 Å². The first-order valence-electron chi connectivity index (χ1n) is 10.3. The molecule has 3 aromatic rings. The van der Waals surface area contributed by atoms with Crippen LogP contribution < -0.4 is 10.3 Å². The molecule has 1 saturated heterocycles. The summed E-state index contributed by atoms with van der Waals surface area (Å²) < 4.78 is 12.2. The molecule has 1 unspecified atom stereocenters. The minimum absolute atomic E-state index is 0.138. The third kappa shape index (κ3) is 4.08. The first-order chi connectivity index (χ1) is 14.6. The number of pyridine rings is 1. The van der Waals surface area contributed by atoms with Gasteiger partial charge in [0.25, 0.3) is 5.56 Å². The number of nitrogens with one attached hydrogen (secondary N) is 1. The Balaban J connectivity index is 1.81. The van der Waals surface area contributed by atoms with Gasteiger partial charge in [0.05, 0.1) is 25.8 Å². The van der Waals surface area contributed by atoms with Gasteiger partial charge in [-0.25, -0.2) is 4.68 Å². The number of fused-ring (bicyclic) bond motifs is 1. The van der Waals surface area contributed by atoms with E-state index in [2.05, 4.69) is 32.3 Å². The molecule has 30 heavy (non-hydrogen) atoms. The van der Waals surface area contributed by atoms with Crippen molar-refractivity contribution in [1.29, 1.82) is 0 Å². The Morgan fingerprint density at radius 2 is 2.03 bits per heavy atom. The molecule has 1 aromatic carbocycles. The van der Waals surface area contributed by atoms with E-state index < -0.39 is 0 Å². The van der Waals surface area contributed by atoms with Gasteiger partial charge in [-0.2, -0.15) is 0 Å². The van der Waals surface area contributed by atoms with Gasteiger partial charge < -0.3 is 14.5 Å². The average Bonchev–Trinajstić information content (AvgIpc) is 3.21. The van der Waals surface area contributed by atoms with Crippen molar-refractivity contribution in [1.82, 2.24) is 30.1 Å². The first-order valence-corrected chi connectivity index (χ1v) is 10.3. The van der Waals surface area contributed by atoms with Crippen molar-refractivity contribution in [2.75, 3.05) is 33.9 Å². The maximum atomic E-state index is 13.2. The predicted octanol–water partition coefficient (Wildman–Crippen LogP) is 1.99. The number of nitrogens with zero attached hydrogens (tertiary/aromatic N) is 5. The summed E-state index contributed by atoms with van der Waals surface area (Å²) in [5, 5.41) is 13.3. The van der Waals surface area contributed by atoms with E-state index in [4.69, 9.17) is 9.47 Å². The molecule has 1 aliphatic heterocycles.